The molecule has 0 heterocycles. The number of hydrogen-bond donors (Lipinski definition) is 3. The van der Waals surface area contributed by atoms with Crippen molar-refractivity contribution in [2.24, 2.45) is 11.5 Å². The van der Waals surface area contributed by atoms with Crippen LogP contribution in [0, 0.1) is 0 Å². The maximum atomic E-state index is 11.9. The van der Waals surface area contributed by atoms with Crippen molar-refractivity contribution in [2.75, 3.05) is 0 Å². The first kappa shape index (κ1) is 24.1. The smallest absolute Gasteiger partial charge is 0.320 e. The molecule has 5 heteroatoms. The summed E-state index contributed by atoms with van der Waals surface area (Å²) in [5, 5.41) is 8.70. The van der Waals surface area contributed by atoms with Gasteiger partial charge in [0.25, 0.3) is 0 Å². The highest BCUT2D eigenvalue weighted by Gasteiger charge is 2.15. The molecule has 148 valence electrons. The van der Waals surface area contributed by atoms with Crippen LogP contribution in [0.2, 0.25) is 0 Å². The van der Waals surface area contributed by atoms with E-state index >= 15 is 0 Å². The lowest BCUT2D eigenvalue weighted by molar-refractivity contribution is -0.138. The summed E-state index contributed by atoms with van der Waals surface area (Å²) in [6.07, 6.45) is 15.9. The number of unbranched alkanes of at least 4 members (excludes halogenated alkanes) is 10. The van der Waals surface area contributed by atoms with Gasteiger partial charge in [-0.1, -0.05) is 71.1 Å². The van der Waals surface area contributed by atoms with E-state index in [1.165, 1.54) is 57.8 Å². The Balaban J connectivity index is 3.43. The van der Waals surface area contributed by atoms with Gasteiger partial charge in [0.15, 0.2) is 0 Å². The molecule has 0 saturated carbocycles. The number of aliphatic carboxylic acids is 1. The summed E-state index contributed by atoms with van der Waals surface area (Å²) < 4.78 is 0. The lowest BCUT2D eigenvalue weighted by atomic mass is 9.99. The molecular weight excluding hydrogens is 316 g/mol. The topological polar surface area (TPSA) is 106 Å². The molecule has 0 aliphatic heterocycles. The Labute approximate surface area is 153 Å². The van der Waals surface area contributed by atoms with Gasteiger partial charge in [-0.25, -0.2) is 0 Å². The molecule has 0 aromatic heterocycles. The van der Waals surface area contributed by atoms with Gasteiger partial charge in [0, 0.05) is 6.42 Å². The van der Waals surface area contributed by atoms with E-state index in [4.69, 9.17) is 16.6 Å². The zero-order valence-electron chi connectivity index (χ0n) is 16.2. The number of carbonyl (C=O) groups excluding carboxylic acids is 1. The Morgan fingerprint density at radius 3 is 1.64 bits per heavy atom. The molecule has 0 radical (unpaired) electrons. The molecule has 0 rings (SSSR count). The van der Waals surface area contributed by atoms with E-state index in [9.17, 15) is 9.59 Å². The number of rotatable bonds is 18. The number of nitrogens with two attached hydrogens (primary N) is 2. The average Bonchev–Trinajstić information content (AvgIpc) is 2.59. The number of carboxylic acids is 1. The first-order valence-electron chi connectivity index (χ1n) is 10.3. The van der Waals surface area contributed by atoms with Crippen LogP contribution in [0.25, 0.3) is 0 Å². The molecule has 25 heavy (non-hydrogen) atoms. The van der Waals surface area contributed by atoms with Crippen molar-refractivity contribution < 1.29 is 14.7 Å². The quantitative estimate of drug-likeness (QED) is 0.320. The predicted molar refractivity (Wildman–Crippen MR) is 104 cm³/mol. The van der Waals surface area contributed by atoms with Gasteiger partial charge in [0.05, 0.1) is 6.04 Å². The van der Waals surface area contributed by atoms with Crippen LogP contribution in [0.4, 0.5) is 0 Å². The average molecular weight is 357 g/mol. The molecule has 0 saturated heterocycles. The third kappa shape index (κ3) is 15.1. The second kappa shape index (κ2) is 16.5. The highest BCUT2D eigenvalue weighted by molar-refractivity contribution is 5.83. The van der Waals surface area contributed by atoms with E-state index in [-0.39, 0.29) is 5.78 Å². The van der Waals surface area contributed by atoms with Crippen LogP contribution in [-0.2, 0) is 9.59 Å². The molecule has 5 nitrogen and oxygen atoms in total. The fourth-order valence-corrected chi connectivity index (χ4v) is 2.99. The van der Waals surface area contributed by atoms with Crippen molar-refractivity contribution in [3.63, 3.8) is 0 Å². The van der Waals surface area contributed by atoms with Crippen molar-refractivity contribution in [1.82, 2.24) is 0 Å². The van der Waals surface area contributed by atoms with Gasteiger partial charge in [-0.3, -0.25) is 9.59 Å². The number of hydrogen-bond acceptors (Lipinski definition) is 4. The first-order chi connectivity index (χ1) is 12.0. The lowest BCUT2D eigenvalue weighted by Crippen LogP contribution is -2.33. The van der Waals surface area contributed by atoms with Crippen molar-refractivity contribution in [2.45, 2.75) is 115 Å². The number of Topliss-reactive ketones (excluding diaryl/α,β-unsaturated/α-hetero) is 1. The molecule has 0 spiro atoms. The third-order valence-corrected chi connectivity index (χ3v) is 4.79. The monoisotopic (exact) mass is 356 g/mol. The van der Waals surface area contributed by atoms with Crippen molar-refractivity contribution in [1.29, 1.82) is 0 Å². The van der Waals surface area contributed by atoms with E-state index < -0.39 is 18.1 Å². The summed E-state index contributed by atoms with van der Waals surface area (Å²) in [4.78, 5) is 22.6. The number of carbonyl (C=O) groups is 2. The van der Waals surface area contributed by atoms with Crippen LogP contribution < -0.4 is 11.5 Å². The van der Waals surface area contributed by atoms with E-state index in [1.807, 2.05) is 0 Å². The second-order valence-electron chi connectivity index (χ2n) is 7.23. The maximum Gasteiger partial charge on any atom is 0.320 e. The molecule has 0 aliphatic rings. The van der Waals surface area contributed by atoms with Crippen LogP contribution >= 0.6 is 0 Å². The molecule has 0 bridgehead atoms. The van der Waals surface area contributed by atoms with Crippen LogP contribution in [0.5, 0.6) is 0 Å². The van der Waals surface area contributed by atoms with E-state index in [2.05, 4.69) is 6.92 Å². The SMILES string of the molecule is CCCCCCCCCCCCCC(=O)C(N)CCC[C@H](N)C(=O)O. The zero-order valence-corrected chi connectivity index (χ0v) is 16.2. The molecule has 0 amide bonds. The van der Waals surface area contributed by atoms with Crippen LogP contribution in [0.3, 0.4) is 0 Å². The molecule has 0 fully saturated rings. The van der Waals surface area contributed by atoms with Crippen molar-refractivity contribution in [3.8, 4) is 0 Å². The highest BCUT2D eigenvalue weighted by Crippen LogP contribution is 2.13. The summed E-state index contributed by atoms with van der Waals surface area (Å²) in [6.45, 7) is 2.24. The van der Waals surface area contributed by atoms with Gasteiger partial charge in [0.2, 0.25) is 0 Å². The highest BCUT2D eigenvalue weighted by atomic mass is 16.4. The first-order valence-corrected chi connectivity index (χ1v) is 10.3. The summed E-state index contributed by atoms with van der Waals surface area (Å²) in [7, 11) is 0. The minimum Gasteiger partial charge on any atom is -0.480 e. The minimum atomic E-state index is -0.999. The number of ketones is 1. The van der Waals surface area contributed by atoms with Crippen LogP contribution in [0.1, 0.15) is 103 Å². The second-order valence-corrected chi connectivity index (χ2v) is 7.23. The zero-order chi connectivity index (χ0) is 18.9. The van der Waals surface area contributed by atoms with Crippen molar-refractivity contribution >= 4 is 11.8 Å². The lowest BCUT2D eigenvalue weighted by Gasteiger charge is -2.11. The summed E-state index contributed by atoms with van der Waals surface area (Å²) in [5.41, 5.74) is 11.3. The summed E-state index contributed by atoms with van der Waals surface area (Å²) in [6, 6.07) is -1.32. The third-order valence-electron chi connectivity index (χ3n) is 4.79. The van der Waals surface area contributed by atoms with Gasteiger partial charge >= 0.3 is 5.97 Å². The Kier molecular flexibility index (Phi) is 15.9. The molecule has 1 unspecified atom stereocenters. The maximum absolute atomic E-state index is 11.9. The fourth-order valence-electron chi connectivity index (χ4n) is 2.99. The molecule has 0 aliphatic carbocycles. The van der Waals surface area contributed by atoms with Gasteiger partial charge in [-0.2, -0.15) is 0 Å². The standard InChI is InChI=1S/C20H40N2O3/c1-2-3-4-5-6-7-8-9-10-11-12-16-19(23)17(21)14-13-15-18(22)20(24)25/h17-18H,2-16,21-22H2,1H3,(H,24,25)/t17?,18-/m0/s1. The normalized spacial score (nSPS) is 13.6. The number of carboxylic acid groups (broad SMARTS) is 1. The molecule has 5 N–H and O–H groups in total. The van der Waals surface area contributed by atoms with Crippen LogP contribution in [-0.4, -0.2) is 28.9 Å². The Bertz CT molecular complexity index is 348. The fraction of sp³-hybridized carbons (Fsp3) is 0.900. The van der Waals surface area contributed by atoms with Gasteiger partial charge in [-0.15, -0.1) is 0 Å². The molecule has 2 atom stereocenters. The minimum absolute atomic E-state index is 0.0971. The van der Waals surface area contributed by atoms with Crippen molar-refractivity contribution in [3.05, 3.63) is 0 Å². The largest absolute Gasteiger partial charge is 0.480 e. The van der Waals surface area contributed by atoms with Gasteiger partial charge in [-0.05, 0) is 25.7 Å². The van der Waals surface area contributed by atoms with Gasteiger partial charge < -0.3 is 16.6 Å². The Hall–Kier alpha value is -0.940. The Morgan fingerprint density at radius 2 is 1.16 bits per heavy atom. The molecular formula is C20H40N2O3. The predicted octanol–water partition coefficient (Wildman–Crippen LogP) is 4.17. The van der Waals surface area contributed by atoms with Crippen LogP contribution in [0.15, 0.2) is 0 Å². The molecule has 0 aromatic carbocycles. The van der Waals surface area contributed by atoms with E-state index in [0.29, 0.717) is 25.7 Å². The summed E-state index contributed by atoms with van der Waals surface area (Å²) >= 11 is 0. The summed E-state index contributed by atoms with van der Waals surface area (Å²) in [5.74, 6) is -0.902. The Morgan fingerprint density at radius 1 is 0.720 bits per heavy atom. The van der Waals surface area contributed by atoms with E-state index in [0.717, 1.165) is 12.8 Å². The molecule has 0 aromatic rings. The van der Waals surface area contributed by atoms with E-state index in [1.54, 1.807) is 0 Å². The van der Waals surface area contributed by atoms with Gasteiger partial charge in [0.1, 0.15) is 11.8 Å².